The van der Waals surface area contributed by atoms with Crippen molar-refractivity contribution in [2.24, 2.45) is 7.05 Å². The zero-order chi connectivity index (χ0) is 10.1. The van der Waals surface area contributed by atoms with Crippen LogP contribution in [0.1, 0.15) is 11.8 Å². The number of rotatable bonds is 2. The molecule has 0 amide bonds. The highest BCUT2D eigenvalue weighted by Gasteiger charge is 2.14. The Morgan fingerprint density at radius 2 is 2.14 bits per heavy atom. The zero-order valence-corrected chi connectivity index (χ0v) is 7.88. The maximum atomic E-state index is 9.51. The van der Waals surface area contributed by atoms with Crippen molar-refractivity contribution in [2.75, 3.05) is 6.61 Å². The molecular weight excluding hydrogens is 180 g/mol. The third kappa shape index (κ3) is 1.29. The number of aliphatic hydroxyl groups excluding tert-OH is 2. The van der Waals surface area contributed by atoms with Crippen LogP contribution in [0.2, 0.25) is 0 Å². The Kier molecular flexibility index (Phi) is 2.23. The highest BCUT2D eigenvalue weighted by molar-refractivity contribution is 5.82. The minimum Gasteiger partial charge on any atom is -0.393 e. The minimum absolute atomic E-state index is 0.305. The van der Waals surface area contributed by atoms with Gasteiger partial charge in [0.15, 0.2) is 0 Å². The lowest BCUT2D eigenvalue weighted by Gasteiger charge is -2.02. The van der Waals surface area contributed by atoms with Crippen molar-refractivity contribution in [1.29, 1.82) is 0 Å². The molecule has 0 saturated heterocycles. The Hall–Kier alpha value is -1.39. The van der Waals surface area contributed by atoms with Crippen LogP contribution < -0.4 is 0 Å². The molecule has 0 fully saturated rings. The van der Waals surface area contributed by atoms with E-state index in [1.807, 2.05) is 31.3 Å². The molecule has 0 saturated carbocycles. The van der Waals surface area contributed by atoms with E-state index in [2.05, 4.69) is 5.10 Å². The van der Waals surface area contributed by atoms with Crippen molar-refractivity contribution in [3.05, 3.63) is 30.0 Å². The molecule has 4 heteroatoms. The zero-order valence-electron chi connectivity index (χ0n) is 7.88. The molecule has 74 valence electrons. The first-order valence-electron chi connectivity index (χ1n) is 4.44. The van der Waals surface area contributed by atoms with Crippen LogP contribution in [0.4, 0.5) is 0 Å². The molecule has 1 aromatic carbocycles. The number of nitrogens with zero attached hydrogens (tertiary/aromatic N) is 2. The van der Waals surface area contributed by atoms with Gasteiger partial charge in [0, 0.05) is 12.4 Å². The lowest BCUT2D eigenvalue weighted by atomic mass is 10.1. The number of hydrogen-bond donors (Lipinski definition) is 2. The summed E-state index contributed by atoms with van der Waals surface area (Å²) in [6, 6.07) is 7.61. The smallest absolute Gasteiger partial charge is 0.121 e. The highest BCUT2D eigenvalue weighted by atomic mass is 16.3. The maximum absolute atomic E-state index is 9.51. The average molecular weight is 192 g/mol. The Labute approximate surface area is 81.4 Å². The first-order chi connectivity index (χ1) is 6.74. The van der Waals surface area contributed by atoms with Crippen LogP contribution >= 0.6 is 0 Å². The van der Waals surface area contributed by atoms with Crippen LogP contribution in [0.5, 0.6) is 0 Å². The Morgan fingerprint density at radius 1 is 1.43 bits per heavy atom. The first-order valence-corrected chi connectivity index (χ1v) is 4.44. The molecule has 2 aromatic rings. The van der Waals surface area contributed by atoms with Gasteiger partial charge in [0.2, 0.25) is 0 Å². The number of benzene rings is 1. The van der Waals surface area contributed by atoms with E-state index in [0.29, 0.717) is 5.69 Å². The van der Waals surface area contributed by atoms with E-state index in [4.69, 9.17) is 5.11 Å². The molecule has 0 radical (unpaired) electrons. The van der Waals surface area contributed by atoms with E-state index >= 15 is 0 Å². The summed E-state index contributed by atoms with van der Waals surface area (Å²) in [5.41, 5.74) is 1.49. The van der Waals surface area contributed by atoms with E-state index < -0.39 is 6.10 Å². The van der Waals surface area contributed by atoms with Gasteiger partial charge < -0.3 is 10.2 Å². The van der Waals surface area contributed by atoms with Crippen LogP contribution in [0.3, 0.4) is 0 Å². The third-order valence-electron chi connectivity index (χ3n) is 2.27. The van der Waals surface area contributed by atoms with Gasteiger partial charge in [-0.05, 0) is 6.07 Å². The van der Waals surface area contributed by atoms with Gasteiger partial charge in [-0.1, -0.05) is 18.2 Å². The number of hydrogen-bond acceptors (Lipinski definition) is 3. The van der Waals surface area contributed by atoms with E-state index in [-0.39, 0.29) is 6.61 Å². The van der Waals surface area contributed by atoms with E-state index in [9.17, 15) is 5.11 Å². The molecule has 14 heavy (non-hydrogen) atoms. The Balaban J connectivity index is 2.66. The Bertz CT molecular complexity index is 450. The van der Waals surface area contributed by atoms with Gasteiger partial charge in [-0.25, -0.2) is 0 Å². The maximum Gasteiger partial charge on any atom is 0.121 e. The Morgan fingerprint density at radius 3 is 2.86 bits per heavy atom. The summed E-state index contributed by atoms with van der Waals surface area (Å²) in [6.07, 6.45) is -0.902. The largest absolute Gasteiger partial charge is 0.393 e. The lowest BCUT2D eigenvalue weighted by Crippen LogP contribution is -2.04. The molecule has 1 atom stereocenters. The van der Waals surface area contributed by atoms with Crippen molar-refractivity contribution >= 4 is 10.9 Å². The van der Waals surface area contributed by atoms with Crippen LogP contribution in [0, 0.1) is 0 Å². The topological polar surface area (TPSA) is 58.3 Å². The number of aromatic nitrogens is 2. The SMILES string of the molecule is Cn1nc(C(O)CO)c2ccccc21. The third-order valence-corrected chi connectivity index (χ3v) is 2.27. The van der Waals surface area contributed by atoms with Crippen LogP contribution in [-0.2, 0) is 7.05 Å². The van der Waals surface area contributed by atoms with Gasteiger partial charge in [-0.3, -0.25) is 4.68 Å². The second kappa shape index (κ2) is 3.40. The number of para-hydroxylation sites is 1. The molecule has 1 heterocycles. The summed E-state index contributed by atoms with van der Waals surface area (Å²) in [6.45, 7) is -0.305. The summed E-state index contributed by atoms with van der Waals surface area (Å²) >= 11 is 0. The lowest BCUT2D eigenvalue weighted by molar-refractivity contribution is 0.0928. The monoisotopic (exact) mass is 192 g/mol. The summed E-state index contributed by atoms with van der Waals surface area (Å²) < 4.78 is 1.70. The van der Waals surface area contributed by atoms with E-state index in [1.54, 1.807) is 4.68 Å². The molecule has 0 aliphatic rings. The molecular formula is C10H12N2O2. The molecule has 2 N–H and O–H groups in total. The normalized spacial score (nSPS) is 13.4. The summed E-state index contributed by atoms with van der Waals surface area (Å²) in [7, 11) is 1.82. The quantitative estimate of drug-likeness (QED) is 0.732. The molecule has 2 rings (SSSR count). The average Bonchev–Trinajstić information content (AvgIpc) is 2.56. The molecule has 0 spiro atoms. The van der Waals surface area contributed by atoms with Gasteiger partial charge in [0.05, 0.1) is 12.1 Å². The summed E-state index contributed by atoms with van der Waals surface area (Å²) in [4.78, 5) is 0. The second-order valence-corrected chi connectivity index (χ2v) is 3.22. The summed E-state index contributed by atoms with van der Waals surface area (Å²) in [5.74, 6) is 0. The van der Waals surface area contributed by atoms with Crippen molar-refractivity contribution < 1.29 is 10.2 Å². The van der Waals surface area contributed by atoms with E-state index in [0.717, 1.165) is 10.9 Å². The van der Waals surface area contributed by atoms with Crippen molar-refractivity contribution in [2.45, 2.75) is 6.10 Å². The van der Waals surface area contributed by atoms with Crippen LogP contribution in [0.25, 0.3) is 10.9 Å². The van der Waals surface area contributed by atoms with Gasteiger partial charge >= 0.3 is 0 Å². The van der Waals surface area contributed by atoms with Crippen molar-refractivity contribution in [3.8, 4) is 0 Å². The number of aliphatic hydroxyl groups is 2. The molecule has 0 aliphatic carbocycles. The van der Waals surface area contributed by atoms with Gasteiger partial charge in [0.25, 0.3) is 0 Å². The molecule has 1 unspecified atom stereocenters. The fourth-order valence-electron chi connectivity index (χ4n) is 1.57. The van der Waals surface area contributed by atoms with Gasteiger partial charge in [-0.15, -0.1) is 0 Å². The minimum atomic E-state index is -0.902. The highest BCUT2D eigenvalue weighted by Crippen LogP contribution is 2.22. The summed E-state index contributed by atoms with van der Waals surface area (Å²) in [5, 5.41) is 23.4. The van der Waals surface area contributed by atoms with Gasteiger partial charge in [-0.2, -0.15) is 5.10 Å². The predicted octanol–water partition coefficient (Wildman–Crippen LogP) is 0.599. The number of fused-ring (bicyclic) bond motifs is 1. The molecule has 4 nitrogen and oxygen atoms in total. The predicted molar refractivity (Wildman–Crippen MR) is 52.8 cm³/mol. The van der Waals surface area contributed by atoms with Crippen molar-refractivity contribution in [1.82, 2.24) is 9.78 Å². The standard InChI is InChI=1S/C10H12N2O2/c1-12-8-5-3-2-4-7(8)10(11-12)9(14)6-13/h2-5,9,13-14H,6H2,1H3. The fourth-order valence-corrected chi connectivity index (χ4v) is 1.57. The molecule has 0 bridgehead atoms. The molecule has 1 aromatic heterocycles. The second-order valence-electron chi connectivity index (χ2n) is 3.22. The van der Waals surface area contributed by atoms with Crippen LogP contribution in [-0.4, -0.2) is 26.6 Å². The van der Waals surface area contributed by atoms with Crippen molar-refractivity contribution in [3.63, 3.8) is 0 Å². The van der Waals surface area contributed by atoms with Crippen LogP contribution in [0.15, 0.2) is 24.3 Å². The van der Waals surface area contributed by atoms with Gasteiger partial charge in [0.1, 0.15) is 11.8 Å². The van der Waals surface area contributed by atoms with E-state index in [1.165, 1.54) is 0 Å². The molecule has 0 aliphatic heterocycles. The first kappa shape index (κ1) is 9.18. The fraction of sp³-hybridized carbons (Fsp3) is 0.300. The number of aryl methyl sites for hydroxylation is 1.